The molecule has 0 aromatic heterocycles. The molecule has 0 radical (unpaired) electrons. The fourth-order valence-electron chi connectivity index (χ4n) is 7.30. The van der Waals surface area contributed by atoms with Crippen molar-refractivity contribution in [1.82, 2.24) is 5.32 Å². The van der Waals surface area contributed by atoms with E-state index in [1.807, 2.05) is 24.8 Å². The fraction of sp³-hybridized carbons (Fsp3) is 0.324. The van der Waals surface area contributed by atoms with Crippen LogP contribution in [-0.4, -0.2) is 57.6 Å². The van der Waals surface area contributed by atoms with E-state index in [0.717, 1.165) is 6.42 Å². The number of hydrogen-bond donors (Lipinski definition) is 3. The van der Waals surface area contributed by atoms with Crippen LogP contribution in [0.15, 0.2) is 27.3 Å². The molecule has 44 heavy (non-hydrogen) atoms. The minimum atomic E-state index is -0.871. The quantitative estimate of drug-likeness (QED) is 0.123. The van der Waals surface area contributed by atoms with Crippen molar-refractivity contribution < 1.29 is 29.2 Å². The SMILES string of the molecule is CCCN(CNC)c1c(O)c2c(=O)cc(OC)c3c4c(OC)cc(=O)c5c(O)c(OC)c6c(c(c1C=C(C)C6C(C)=O)c23)c54. The summed E-state index contributed by atoms with van der Waals surface area (Å²) in [5.41, 5.74) is 1.04. The van der Waals surface area contributed by atoms with Gasteiger partial charge in [-0.3, -0.25) is 14.4 Å². The van der Waals surface area contributed by atoms with Crippen molar-refractivity contribution in [3.05, 3.63) is 49.3 Å². The summed E-state index contributed by atoms with van der Waals surface area (Å²) in [5, 5.41) is 29.6. The number of aromatic hydroxyl groups is 2. The van der Waals surface area contributed by atoms with Gasteiger partial charge in [0.1, 0.15) is 17.3 Å². The van der Waals surface area contributed by atoms with Crippen molar-refractivity contribution >= 4 is 60.6 Å². The molecule has 5 aromatic carbocycles. The van der Waals surface area contributed by atoms with Gasteiger partial charge in [0.05, 0.1) is 50.4 Å². The van der Waals surface area contributed by atoms with Crippen molar-refractivity contribution in [1.29, 1.82) is 0 Å². The van der Waals surface area contributed by atoms with Crippen LogP contribution in [0.2, 0.25) is 0 Å². The van der Waals surface area contributed by atoms with Gasteiger partial charge in [-0.25, -0.2) is 0 Å². The molecule has 228 valence electrons. The van der Waals surface area contributed by atoms with Crippen LogP contribution in [-0.2, 0) is 4.79 Å². The van der Waals surface area contributed by atoms with Gasteiger partial charge < -0.3 is 34.6 Å². The lowest BCUT2D eigenvalue weighted by Crippen LogP contribution is -2.33. The van der Waals surface area contributed by atoms with E-state index in [0.29, 0.717) is 67.9 Å². The van der Waals surface area contributed by atoms with Crippen molar-refractivity contribution in [2.75, 3.05) is 46.5 Å². The second-order valence-corrected chi connectivity index (χ2v) is 11.3. The van der Waals surface area contributed by atoms with Crippen molar-refractivity contribution in [2.24, 2.45) is 0 Å². The van der Waals surface area contributed by atoms with Crippen LogP contribution in [0, 0.1) is 0 Å². The predicted octanol–water partition coefficient (Wildman–Crippen LogP) is 4.82. The second kappa shape index (κ2) is 10.4. The number of allylic oxidation sites excluding steroid dienone is 1. The number of rotatable bonds is 9. The van der Waals surface area contributed by atoms with Crippen molar-refractivity contribution in [3.8, 4) is 28.7 Å². The fourth-order valence-corrected chi connectivity index (χ4v) is 7.30. The number of methoxy groups -OCH3 is 3. The summed E-state index contributed by atoms with van der Waals surface area (Å²) in [4.78, 5) is 43.1. The lowest BCUT2D eigenvalue weighted by atomic mass is 9.80. The number of nitrogens with zero attached hydrogens (tertiary/aromatic N) is 1. The van der Waals surface area contributed by atoms with Gasteiger partial charge in [0.25, 0.3) is 0 Å². The van der Waals surface area contributed by atoms with Crippen LogP contribution in [0.1, 0.15) is 44.2 Å². The standard InChI is InChI=1S/C34H34N2O8/c1-8-9-36(13-35-4)31-16-10-14(2)21(15(3)37)30-28-22(16)27-23(32(31)40)17(38)11-19(42-5)25(27)26-20(43-6)12-18(39)24(29(26)28)33(41)34(30)44-7/h10-12,21,35,40-41H,8-9,13H2,1-7H3. The molecule has 1 aliphatic rings. The molecule has 0 saturated heterocycles. The van der Waals surface area contributed by atoms with Gasteiger partial charge >= 0.3 is 0 Å². The highest BCUT2D eigenvalue weighted by Gasteiger charge is 2.37. The van der Waals surface area contributed by atoms with Crippen molar-refractivity contribution in [3.63, 3.8) is 0 Å². The topological polar surface area (TPSA) is 135 Å². The van der Waals surface area contributed by atoms with Crippen LogP contribution in [0.25, 0.3) is 49.2 Å². The van der Waals surface area contributed by atoms with Crippen LogP contribution < -0.4 is 35.3 Å². The summed E-state index contributed by atoms with van der Waals surface area (Å²) < 4.78 is 17.3. The maximum Gasteiger partial charge on any atom is 0.194 e. The molecule has 6 rings (SSSR count). The number of Topliss-reactive ketones (excluding diaryl/α,β-unsaturated/α-hetero) is 1. The Kier molecular flexibility index (Phi) is 6.92. The Morgan fingerprint density at radius 3 is 1.93 bits per heavy atom. The monoisotopic (exact) mass is 598 g/mol. The molecule has 1 atom stereocenters. The Labute approximate surface area is 252 Å². The smallest absolute Gasteiger partial charge is 0.194 e. The largest absolute Gasteiger partial charge is 0.505 e. The summed E-state index contributed by atoms with van der Waals surface area (Å²) in [6.45, 7) is 6.19. The number of carbonyl (C=O) groups is 1. The summed E-state index contributed by atoms with van der Waals surface area (Å²) in [6, 6.07) is 2.59. The molecule has 0 saturated carbocycles. The van der Waals surface area contributed by atoms with Gasteiger partial charge in [-0.2, -0.15) is 0 Å². The first-order valence-electron chi connectivity index (χ1n) is 14.4. The minimum Gasteiger partial charge on any atom is -0.505 e. The normalized spacial score (nSPS) is 14.5. The number of phenols is 2. The third-order valence-corrected chi connectivity index (χ3v) is 8.79. The molecule has 3 N–H and O–H groups in total. The molecule has 0 amide bonds. The van der Waals surface area contributed by atoms with Gasteiger partial charge in [-0.05, 0) is 32.7 Å². The number of phenolic OH excluding ortho intramolecular Hbond substituents is 2. The highest BCUT2D eigenvalue weighted by Crippen LogP contribution is 2.58. The van der Waals surface area contributed by atoms with Gasteiger partial charge in [0, 0.05) is 56.7 Å². The number of nitrogens with one attached hydrogen (secondary N) is 1. The van der Waals surface area contributed by atoms with E-state index in [1.165, 1.54) is 40.4 Å². The van der Waals surface area contributed by atoms with E-state index < -0.39 is 22.5 Å². The summed E-state index contributed by atoms with van der Waals surface area (Å²) in [6.07, 6.45) is 2.60. The molecule has 5 aromatic rings. The van der Waals surface area contributed by atoms with Crippen LogP contribution in [0.3, 0.4) is 0 Å². The maximum absolute atomic E-state index is 13.9. The van der Waals surface area contributed by atoms with Crippen LogP contribution >= 0.6 is 0 Å². The van der Waals surface area contributed by atoms with E-state index in [4.69, 9.17) is 14.2 Å². The molecular weight excluding hydrogens is 564 g/mol. The van der Waals surface area contributed by atoms with E-state index in [2.05, 4.69) is 5.32 Å². The Morgan fingerprint density at radius 1 is 0.864 bits per heavy atom. The first kappa shape index (κ1) is 29.3. The Bertz CT molecular complexity index is 2170. The second-order valence-electron chi connectivity index (χ2n) is 11.3. The molecule has 0 fully saturated rings. The Morgan fingerprint density at radius 2 is 1.43 bits per heavy atom. The van der Waals surface area contributed by atoms with Crippen molar-refractivity contribution in [2.45, 2.75) is 33.1 Å². The van der Waals surface area contributed by atoms with E-state index in [9.17, 15) is 24.6 Å². The predicted molar refractivity (Wildman–Crippen MR) is 173 cm³/mol. The number of ether oxygens (including phenoxy) is 3. The Hall–Kier alpha value is -4.83. The molecular formula is C34H34N2O8. The third-order valence-electron chi connectivity index (χ3n) is 8.79. The zero-order chi connectivity index (χ0) is 31.8. The first-order valence-corrected chi connectivity index (χ1v) is 14.4. The number of anilines is 1. The highest BCUT2D eigenvalue weighted by molar-refractivity contribution is 6.40. The lowest BCUT2D eigenvalue weighted by Gasteiger charge is -2.29. The zero-order valence-electron chi connectivity index (χ0n) is 25.7. The van der Waals surface area contributed by atoms with Gasteiger partial charge in [-0.1, -0.05) is 18.6 Å². The average Bonchev–Trinajstić information content (AvgIpc) is 3.11. The van der Waals surface area contributed by atoms with Crippen LogP contribution in [0.4, 0.5) is 5.69 Å². The van der Waals surface area contributed by atoms with E-state index >= 15 is 0 Å². The van der Waals surface area contributed by atoms with Gasteiger partial charge in [-0.15, -0.1) is 0 Å². The lowest BCUT2D eigenvalue weighted by molar-refractivity contribution is -0.117. The maximum atomic E-state index is 13.9. The number of fused-ring (bicyclic) bond motifs is 1. The molecule has 0 spiro atoms. The van der Waals surface area contributed by atoms with E-state index in [1.54, 1.807) is 7.05 Å². The molecule has 10 nitrogen and oxygen atoms in total. The molecule has 0 heterocycles. The van der Waals surface area contributed by atoms with E-state index in [-0.39, 0.29) is 39.6 Å². The molecule has 10 heteroatoms. The van der Waals surface area contributed by atoms with Crippen LogP contribution in [0.5, 0.6) is 28.7 Å². The first-order chi connectivity index (χ1) is 21.1. The van der Waals surface area contributed by atoms with Gasteiger partial charge in [0.15, 0.2) is 28.1 Å². The number of carbonyl (C=O) groups excluding carboxylic acids is 1. The third kappa shape index (κ3) is 3.67. The molecule has 0 bridgehead atoms. The number of ketones is 1. The number of hydrogen-bond acceptors (Lipinski definition) is 10. The highest BCUT2D eigenvalue weighted by atomic mass is 16.5. The number of benzene rings is 5. The average molecular weight is 599 g/mol. The molecule has 1 unspecified atom stereocenters. The van der Waals surface area contributed by atoms with Gasteiger partial charge in [0.2, 0.25) is 0 Å². The summed E-state index contributed by atoms with van der Waals surface area (Å²) in [7, 11) is 6.04. The summed E-state index contributed by atoms with van der Waals surface area (Å²) >= 11 is 0. The molecule has 1 aliphatic carbocycles. The molecule has 0 aliphatic heterocycles. The minimum absolute atomic E-state index is 0.00127. The zero-order valence-corrected chi connectivity index (χ0v) is 25.7. The summed E-state index contributed by atoms with van der Waals surface area (Å²) in [5.74, 6) is -1.27. The Balaban J connectivity index is 2.14.